The number of pyridine rings is 1. The summed E-state index contributed by atoms with van der Waals surface area (Å²) in [4.78, 5) is 17.7. The van der Waals surface area contributed by atoms with Gasteiger partial charge >= 0.3 is 0 Å². The zero-order valence-corrected chi connectivity index (χ0v) is 23.5. The highest BCUT2D eigenvalue weighted by atomic mass is 19.1. The number of benzene rings is 1. The molecule has 0 bridgehead atoms. The second-order valence-corrected chi connectivity index (χ2v) is 9.16. The van der Waals surface area contributed by atoms with Crippen LogP contribution in [0.2, 0.25) is 0 Å². The number of allylic oxidation sites excluding steroid dienone is 7. The topological polar surface area (TPSA) is 51.2 Å². The molecule has 0 saturated carbocycles. The summed E-state index contributed by atoms with van der Waals surface area (Å²) in [6.07, 6.45) is 11.7. The van der Waals surface area contributed by atoms with E-state index in [-0.39, 0.29) is 11.7 Å². The Balaban J connectivity index is 2.72. The Bertz CT molecular complexity index is 1220. The molecule has 0 saturated heterocycles. The number of nitrogens with one attached hydrogen (secondary N) is 1. The first kappa shape index (κ1) is 29.8. The summed E-state index contributed by atoms with van der Waals surface area (Å²) in [5, 5.41) is 3.41. The van der Waals surface area contributed by atoms with Crippen LogP contribution in [0.25, 0.3) is 16.8 Å². The van der Waals surface area contributed by atoms with E-state index in [0.717, 1.165) is 35.4 Å². The summed E-state index contributed by atoms with van der Waals surface area (Å²) in [6.45, 7) is 16.1. The minimum Gasteiger partial charge on any atom is -0.493 e. The van der Waals surface area contributed by atoms with Crippen LogP contribution in [0.1, 0.15) is 85.3 Å². The zero-order chi connectivity index (χ0) is 27.5. The van der Waals surface area contributed by atoms with Crippen LogP contribution in [0.15, 0.2) is 71.7 Å². The van der Waals surface area contributed by atoms with Crippen LogP contribution in [0.4, 0.5) is 4.39 Å². The van der Waals surface area contributed by atoms with Crippen molar-refractivity contribution in [2.75, 3.05) is 6.61 Å². The van der Waals surface area contributed by atoms with Crippen molar-refractivity contribution in [1.82, 2.24) is 10.3 Å². The van der Waals surface area contributed by atoms with Gasteiger partial charge in [-0.2, -0.15) is 0 Å². The summed E-state index contributed by atoms with van der Waals surface area (Å²) in [6, 6.07) is 6.58. The summed E-state index contributed by atoms with van der Waals surface area (Å²) in [5.74, 6) is 0.0956. The molecule has 0 radical (unpaired) electrons. The van der Waals surface area contributed by atoms with E-state index in [2.05, 4.69) is 44.1 Å². The fourth-order valence-electron chi connectivity index (χ4n) is 4.04. The van der Waals surface area contributed by atoms with Crippen molar-refractivity contribution in [2.24, 2.45) is 0 Å². The lowest BCUT2D eigenvalue weighted by Gasteiger charge is -2.20. The predicted molar refractivity (Wildman–Crippen MR) is 153 cm³/mol. The molecule has 0 aliphatic rings. The van der Waals surface area contributed by atoms with Gasteiger partial charge in [0.1, 0.15) is 11.6 Å². The lowest BCUT2D eigenvalue weighted by Crippen LogP contribution is -2.15. The average Bonchev–Trinajstić information content (AvgIpc) is 2.87. The van der Waals surface area contributed by atoms with Crippen LogP contribution < -0.4 is 10.1 Å². The van der Waals surface area contributed by atoms with E-state index in [1.54, 1.807) is 25.3 Å². The van der Waals surface area contributed by atoms with Crippen LogP contribution in [0.5, 0.6) is 5.75 Å². The lowest BCUT2D eigenvalue weighted by atomic mass is 9.88. The molecule has 1 N–H and O–H groups in total. The Morgan fingerprint density at radius 3 is 2.51 bits per heavy atom. The molecule has 5 heteroatoms. The first-order chi connectivity index (χ1) is 17.7. The summed E-state index contributed by atoms with van der Waals surface area (Å²) < 4.78 is 20.7. The van der Waals surface area contributed by atoms with E-state index in [9.17, 15) is 4.79 Å². The standard InChI is InChI=1S/C32H41FN2O2/c1-9-21(5)15-13-16-25(11-3)35-23(7)31(24(8)36)26-19-29(34-20-27(26)22(6)10-2)32-28(33)17-14-18-30(32)37-12-4/h11,13-20,22,35H,9-10,12H2,1-8H3/b16-13-,21-15+,25-11+,31-23+. The van der Waals surface area contributed by atoms with Gasteiger partial charge in [0.2, 0.25) is 0 Å². The minimum absolute atomic E-state index is 0.0774. The summed E-state index contributed by atoms with van der Waals surface area (Å²) >= 11 is 0. The van der Waals surface area contributed by atoms with Crippen LogP contribution in [-0.4, -0.2) is 17.4 Å². The number of Topliss-reactive ketones (excluding diaryl/α,β-unsaturated/α-hetero) is 1. The van der Waals surface area contributed by atoms with Crippen molar-refractivity contribution in [3.05, 3.63) is 88.7 Å². The molecule has 37 heavy (non-hydrogen) atoms. The number of carbonyl (C=O) groups excluding carboxylic acids is 1. The Morgan fingerprint density at radius 2 is 1.92 bits per heavy atom. The SMILES string of the molecule is C\C=C(/C=C\C=C(/C)CC)N/C(C)=C(\C(C)=O)c1cc(-c2c(F)cccc2OCC)ncc1C(C)CC. The van der Waals surface area contributed by atoms with Crippen LogP contribution >= 0.6 is 0 Å². The molecule has 198 valence electrons. The highest BCUT2D eigenvalue weighted by molar-refractivity contribution is 6.21. The molecule has 0 spiro atoms. The predicted octanol–water partition coefficient (Wildman–Crippen LogP) is 8.53. The number of ketones is 1. The van der Waals surface area contributed by atoms with Crippen molar-refractivity contribution < 1.29 is 13.9 Å². The fraction of sp³-hybridized carbons (Fsp3) is 0.375. The van der Waals surface area contributed by atoms with Gasteiger partial charge in [0.05, 0.1) is 17.9 Å². The van der Waals surface area contributed by atoms with E-state index in [4.69, 9.17) is 4.74 Å². The Labute approximate surface area is 222 Å². The second-order valence-electron chi connectivity index (χ2n) is 9.16. The van der Waals surface area contributed by atoms with E-state index >= 15 is 4.39 Å². The van der Waals surface area contributed by atoms with E-state index in [1.807, 2.05) is 45.1 Å². The maximum atomic E-state index is 15.0. The Kier molecular flexibility index (Phi) is 11.5. The smallest absolute Gasteiger partial charge is 0.162 e. The molecule has 2 aromatic rings. The molecule has 0 aliphatic carbocycles. The van der Waals surface area contributed by atoms with E-state index in [0.29, 0.717) is 29.2 Å². The molecule has 0 aliphatic heterocycles. The molecule has 0 amide bonds. The van der Waals surface area contributed by atoms with E-state index in [1.165, 1.54) is 11.6 Å². The van der Waals surface area contributed by atoms with Gasteiger partial charge in [0.15, 0.2) is 5.78 Å². The van der Waals surface area contributed by atoms with Crippen molar-refractivity contribution in [3.8, 4) is 17.0 Å². The first-order valence-corrected chi connectivity index (χ1v) is 13.1. The number of nitrogens with zero attached hydrogens (tertiary/aromatic N) is 1. The van der Waals surface area contributed by atoms with Crippen LogP contribution in [-0.2, 0) is 4.79 Å². The summed E-state index contributed by atoms with van der Waals surface area (Å²) in [7, 11) is 0. The zero-order valence-electron chi connectivity index (χ0n) is 23.5. The average molecular weight is 505 g/mol. The van der Waals surface area contributed by atoms with Gasteiger partial charge in [-0.15, -0.1) is 0 Å². The molecule has 0 fully saturated rings. The van der Waals surface area contributed by atoms with Crippen molar-refractivity contribution in [3.63, 3.8) is 0 Å². The van der Waals surface area contributed by atoms with Gasteiger partial charge in [-0.25, -0.2) is 4.39 Å². The molecule has 1 atom stereocenters. The molecule has 1 aromatic heterocycles. The maximum Gasteiger partial charge on any atom is 0.162 e. The normalized spacial score (nSPS) is 14.0. The third-order valence-corrected chi connectivity index (χ3v) is 6.46. The monoisotopic (exact) mass is 504 g/mol. The van der Waals surface area contributed by atoms with Crippen molar-refractivity contribution >= 4 is 11.4 Å². The minimum atomic E-state index is -0.416. The van der Waals surface area contributed by atoms with Gasteiger partial charge in [-0.1, -0.05) is 50.6 Å². The van der Waals surface area contributed by atoms with Gasteiger partial charge in [-0.05, 0) is 88.8 Å². The molecular formula is C32H41FN2O2. The van der Waals surface area contributed by atoms with Gasteiger partial charge in [0, 0.05) is 23.2 Å². The molecule has 1 aromatic carbocycles. The van der Waals surface area contributed by atoms with Gasteiger partial charge < -0.3 is 10.1 Å². The fourth-order valence-corrected chi connectivity index (χ4v) is 4.04. The maximum absolute atomic E-state index is 15.0. The molecule has 1 unspecified atom stereocenters. The quantitative estimate of drug-likeness (QED) is 0.232. The lowest BCUT2D eigenvalue weighted by molar-refractivity contribution is -0.111. The highest BCUT2D eigenvalue weighted by Crippen LogP contribution is 2.36. The van der Waals surface area contributed by atoms with E-state index < -0.39 is 5.82 Å². The number of halogens is 1. The number of hydrogen-bond acceptors (Lipinski definition) is 4. The van der Waals surface area contributed by atoms with Crippen molar-refractivity contribution in [1.29, 1.82) is 0 Å². The number of hydrogen-bond donors (Lipinski definition) is 1. The number of aromatic nitrogens is 1. The Morgan fingerprint density at radius 1 is 1.19 bits per heavy atom. The molecule has 1 heterocycles. The van der Waals surface area contributed by atoms with Crippen LogP contribution in [0.3, 0.4) is 0 Å². The third-order valence-electron chi connectivity index (χ3n) is 6.46. The first-order valence-electron chi connectivity index (χ1n) is 13.1. The Hall–Kier alpha value is -3.47. The van der Waals surface area contributed by atoms with Gasteiger partial charge in [0.25, 0.3) is 0 Å². The number of ether oxygens (including phenoxy) is 1. The molecule has 2 rings (SSSR count). The largest absolute Gasteiger partial charge is 0.493 e. The summed E-state index contributed by atoms with van der Waals surface area (Å²) in [5.41, 5.74) is 5.87. The molecular weight excluding hydrogens is 463 g/mol. The number of carbonyl (C=O) groups is 1. The van der Waals surface area contributed by atoms with Crippen molar-refractivity contribution in [2.45, 2.75) is 74.1 Å². The highest BCUT2D eigenvalue weighted by Gasteiger charge is 2.22. The third kappa shape index (κ3) is 7.75. The van der Waals surface area contributed by atoms with Gasteiger partial charge in [-0.3, -0.25) is 9.78 Å². The van der Waals surface area contributed by atoms with Crippen LogP contribution in [0, 0.1) is 5.82 Å². The number of rotatable bonds is 12. The second kappa shape index (κ2) is 14.3. The molecule has 4 nitrogen and oxygen atoms in total.